The number of benzene rings is 2. The van der Waals surface area contributed by atoms with Crippen molar-refractivity contribution in [2.75, 3.05) is 18.8 Å². The molecule has 2 aromatic rings. The lowest BCUT2D eigenvalue weighted by atomic mass is 10.0. The Balaban J connectivity index is 1.79. The van der Waals surface area contributed by atoms with Crippen molar-refractivity contribution < 1.29 is 4.79 Å². The molecular formula is C18H20N2O. The summed E-state index contributed by atoms with van der Waals surface area (Å²) in [5.41, 5.74) is 11.0. The lowest BCUT2D eigenvalue weighted by Crippen LogP contribution is -2.33. The number of carbonyl (C=O) groups is 1. The molecule has 3 nitrogen and oxygen atoms in total. The fraction of sp³-hybridized carbons (Fsp3) is 0.278. The molecule has 3 rings (SSSR count). The number of fused-ring (bicyclic) bond motifs is 1. The van der Waals surface area contributed by atoms with Gasteiger partial charge in [-0.05, 0) is 54.7 Å². The van der Waals surface area contributed by atoms with Gasteiger partial charge in [0, 0.05) is 24.3 Å². The highest BCUT2D eigenvalue weighted by molar-refractivity contribution is 5.95. The van der Waals surface area contributed by atoms with Gasteiger partial charge in [0.2, 0.25) is 0 Å². The smallest absolute Gasteiger partial charge is 0.253 e. The van der Waals surface area contributed by atoms with Gasteiger partial charge in [-0.15, -0.1) is 0 Å². The summed E-state index contributed by atoms with van der Waals surface area (Å²) in [6.45, 7) is 3.49. The number of nitrogens with two attached hydrogens (primary N) is 1. The fourth-order valence-electron chi connectivity index (χ4n) is 2.86. The highest BCUT2D eigenvalue weighted by atomic mass is 16.2. The molecule has 0 bridgehead atoms. The summed E-state index contributed by atoms with van der Waals surface area (Å²) >= 11 is 0. The van der Waals surface area contributed by atoms with Crippen LogP contribution in [0.1, 0.15) is 27.0 Å². The maximum atomic E-state index is 12.7. The summed E-state index contributed by atoms with van der Waals surface area (Å²) in [7, 11) is 0. The van der Waals surface area contributed by atoms with Crippen LogP contribution < -0.4 is 5.73 Å². The van der Waals surface area contributed by atoms with Crippen LogP contribution in [0.3, 0.4) is 0 Å². The van der Waals surface area contributed by atoms with E-state index < -0.39 is 0 Å². The van der Waals surface area contributed by atoms with Gasteiger partial charge in [-0.25, -0.2) is 0 Å². The topological polar surface area (TPSA) is 46.3 Å². The summed E-state index contributed by atoms with van der Waals surface area (Å²) < 4.78 is 0. The first-order chi connectivity index (χ1) is 10.1. The Kier molecular flexibility index (Phi) is 3.65. The molecule has 0 aliphatic carbocycles. The lowest BCUT2D eigenvalue weighted by molar-refractivity contribution is 0.0763. The third-order valence-electron chi connectivity index (χ3n) is 4.22. The van der Waals surface area contributed by atoms with Gasteiger partial charge in [-0.3, -0.25) is 4.79 Å². The van der Waals surface area contributed by atoms with E-state index in [0.717, 1.165) is 42.7 Å². The molecule has 0 saturated heterocycles. The van der Waals surface area contributed by atoms with Crippen molar-refractivity contribution in [3.8, 4) is 0 Å². The van der Waals surface area contributed by atoms with E-state index in [9.17, 15) is 4.79 Å². The predicted molar refractivity (Wildman–Crippen MR) is 85.3 cm³/mol. The van der Waals surface area contributed by atoms with Gasteiger partial charge >= 0.3 is 0 Å². The van der Waals surface area contributed by atoms with Crippen LogP contribution in [0.15, 0.2) is 42.5 Å². The van der Waals surface area contributed by atoms with Crippen LogP contribution in [-0.2, 0) is 12.8 Å². The van der Waals surface area contributed by atoms with Crippen molar-refractivity contribution in [3.05, 3.63) is 64.7 Å². The minimum atomic E-state index is 0.103. The zero-order valence-corrected chi connectivity index (χ0v) is 12.3. The summed E-state index contributed by atoms with van der Waals surface area (Å²) in [4.78, 5) is 14.6. The number of anilines is 1. The fourth-order valence-corrected chi connectivity index (χ4v) is 2.86. The number of hydrogen-bond acceptors (Lipinski definition) is 2. The van der Waals surface area contributed by atoms with E-state index in [0.29, 0.717) is 0 Å². The van der Waals surface area contributed by atoms with Crippen LogP contribution in [0.25, 0.3) is 0 Å². The lowest BCUT2D eigenvalue weighted by Gasteiger charge is -2.20. The maximum Gasteiger partial charge on any atom is 0.253 e. The van der Waals surface area contributed by atoms with E-state index in [1.165, 1.54) is 11.1 Å². The summed E-state index contributed by atoms with van der Waals surface area (Å²) in [6, 6.07) is 14.0. The second-order valence-electron chi connectivity index (χ2n) is 5.63. The first kappa shape index (κ1) is 13.7. The zero-order chi connectivity index (χ0) is 14.8. The quantitative estimate of drug-likeness (QED) is 0.816. The van der Waals surface area contributed by atoms with Crippen LogP contribution >= 0.6 is 0 Å². The minimum Gasteiger partial charge on any atom is -0.399 e. The van der Waals surface area contributed by atoms with Gasteiger partial charge in [0.05, 0.1) is 0 Å². The van der Waals surface area contributed by atoms with Crippen molar-refractivity contribution in [1.29, 1.82) is 0 Å². The number of amides is 1. The van der Waals surface area contributed by atoms with Gasteiger partial charge in [-0.1, -0.05) is 24.3 Å². The molecule has 0 spiro atoms. The molecule has 0 aromatic heterocycles. The standard InChI is InChI=1S/C18H20N2O/c1-13-12-16(6-7-17(13)19)18(21)20-10-8-14-4-2-3-5-15(14)9-11-20/h2-7,12H,8-11,19H2,1H3. The van der Waals surface area contributed by atoms with Gasteiger partial charge < -0.3 is 10.6 Å². The van der Waals surface area contributed by atoms with Crippen LogP contribution in [0.5, 0.6) is 0 Å². The molecule has 21 heavy (non-hydrogen) atoms. The molecule has 0 fully saturated rings. The Bertz CT molecular complexity index is 652. The first-order valence-electron chi connectivity index (χ1n) is 7.37. The van der Waals surface area contributed by atoms with Gasteiger partial charge in [-0.2, -0.15) is 0 Å². The third-order valence-corrected chi connectivity index (χ3v) is 4.22. The number of nitrogens with zero attached hydrogens (tertiary/aromatic N) is 1. The average molecular weight is 280 g/mol. The Morgan fingerprint density at radius 3 is 2.24 bits per heavy atom. The number of rotatable bonds is 1. The largest absolute Gasteiger partial charge is 0.399 e. The summed E-state index contributed by atoms with van der Waals surface area (Å²) in [5.74, 6) is 0.103. The van der Waals surface area contributed by atoms with E-state index in [-0.39, 0.29) is 5.91 Å². The summed E-state index contributed by atoms with van der Waals surface area (Å²) in [5, 5.41) is 0. The zero-order valence-electron chi connectivity index (χ0n) is 12.3. The highest BCUT2D eigenvalue weighted by Crippen LogP contribution is 2.19. The molecule has 0 radical (unpaired) electrons. The molecule has 2 aromatic carbocycles. The van der Waals surface area contributed by atoms with E-state index in [1.807, 2.05) is 30.0 Å². The molecule has 0 atom stereocenters. The normalized spacial score (nSPS) is 14.4. The van der Waals surface area contributed by atoms with E-state index in [1.54, 1.807) is 0 Å². The van der Waals surface area contributed by atoms with Crippen LogP contribution in [0.2, 0.25) is 0 Å². The van der Waals surface area contributed by atoms with Crippen LogP contribution in [0.4, 0.5) is 5.69 Å². The third kappa shape index (κ3) is 2.77. The second kappa shape index (κ2) is 5.60. The van der Waals surface area contributed by atoms with Gasteiger partial charge in [0.15, 0.2) is 0 Å². The molecule has 1 aliphatic rings. The minimum absolute atomic E-state index is 0.103. The van der Waals surface area contributed by atoms with Crippen molar-refractivity contribution in [2.45, 2.75) is 19.8 Å². The second-order valence-corrected chi connectivity index (χ2v) is 5.63. The van der Waals surface area contributed by atoms with Crippen molar-refractivity contribution in [1.82, 2.24) is 4.90 Å². The summed E-state index contributed by atoms with van der Waals surface area (Å²) in [6.07, 6.45) is 1.85. The Hall–Kier alpha value is -2.29. The number of aryl methyl sites for hydroxylation is 1. The molecule has 3 heteroatoms. The van der Waals surface area contributed by atoms with Gasteiger partial charge in [0.25, 0.3) is 5.91 Å². The number of carbonyl (C=O) groups excluding carboxylic acids is 1. The molecule has 108 valence electrons. The first-order valence-corrected chi connectivity index (χ1v) is 7.37. The van der Waals surface area contributed by atoms with Crippen molar-refractivity contribution in [3.63, 3.8) is 0 Å². The van der Waals surface area contributed by atoms with E-state index in [4.69, 9.17) is 5.73 Å². The van der Waals surface area contributed by atoms with Crippen LogP contribution in [0, 0.1) is 6.92 Å². The monoisotopic (exact) mass is 280 g/mol. The maximum absolute atomic E-state index is 12.7. The molecule has 1 heterocycles. The number of nitrogen functional groups attached to an aromatic ring is 1. The highest BCUT2D eigenvalue weighted by Gasteiger charge is 2.19. The molecule has 1 amide bonds. The molecular weight excluding hydrogens is 260 g/mol. The predicted octanol–water partition coefficient (Wildman–Crippen LogP) is 2.82. The van der Waals surface area contributed by atoms with E-state index >= 15 is 0 Å². The van der Waals surface area contributed by atoms with E-state index in [2.05, 4.69) is 24.3 Å². The Labute approximate surface area is 125 Å². The number of hydrogen-bond donors (Lipinski definition) is 1. The van der Waals surface area contributed by atoms with Gasteiger partial charge in [0.1, 0.15) is 0 Å². The van der Waals surface area contributed by atoms with Crippen LogP contribution in [-0.4, -0.2) is 23.9 Å². The molecule has 1 aliphatic heterocycles. The molecule has 0 unspecified atom stereocenters. The molecule has 2 N–H and O–H groups in total. The van der Waals surface area contributed by atoms with Crippen molar-refractivity contribution >= 4 is 11.6 Å². The SMILES string of the molecule is Cc1cc(C(=O)N2CCc3ccccc3CC2)ccc1N. The molecule has 0 saturated carbocycles. The Morgan fingerprint density at radius 1 is 1.05 bits per heavy atom. The van der Waals surface area contributed by atoms with Crippen molar-refractivity contribution in [2.24, 2.45) is 0 Å². The average Bonchev–Trinajstić information content (AvgIpc) is 2.72. The Morgan fingerprint density at radius 2 is 1.67 bits per heavy atom.